The van der Waals surface area contributed by atoms with Crippen molar-refractivity contribution in [1.82, 2.24) is 0 Å². The van der Waals surface area contributed by atoms with Crippen LogP contribution < -0.4 is 0 Å². The first-order chi connectivity index (χ1) is 8.54. The Morgan fingerprint density at radius 1 is 1.56 bits per heavy atom. The molecule has 0 radical (unpaired) electrons. The second kappa shape index (κ2) is 5.41. The highest BCUT2D eigenvalue weighted by atomic mass is 79.9. The molecule has 1 unspecified atom stereocenters. The minimum absolute atomic E-state index is 0.278. The summed E-state index contributed by atoms with van der Waals surface area (Å²) in [5.74, 6) is -0.0243. The van der Waals surface area contributed by atoms with Crippen molar-refractivity contribution in [3.8, 4) is 0 Å². The molecule has 98 valence electrons. The number of ether oxygens (including phenoxy) is 2. The van der Waals surface area contributed by atoms with Gasteiger partial charge in [-0.25, -0.2) is 4.79 Å². The number of esters is 1. The van der Waals surface area contributed by atoms with Crippen LogP contribution >= 0.6 is 15.9 Å². The van der Waals surface area contributed by atoms with Crippen LogP contribution in [0.25, 0.3) is 0 Å². The van der Waals surface area contributed by atoms with Crippen molar-refractivity contribution in [2.75, 3.05) is 13.2 Å². The first-order valence-corrected chi connectivity index (χ1v) is 6.92. The molecular weight excluding hydrogens is 296 g/mol. The number of aryl methyl sites for hydroxylation is 1. The SMILES string of the molecule is CCOC(=O)C1OC[C@@H](C)c2c(Br)cc(C)cc21. The van der Waals surface area contributed by atoms with Crippen molar-refractivity contribution >= 4 is 21.9 Å². The van der Waals surface area contributed by atoms with E-state index >= 15 is 0 Å². The van der Waals surface area contributed by atoms with Crippen LogP contribution in [-0.2, 0) is 14.3 Å². The molecule has 18 heavy (non-hydrogen) atoms. The quantitative estimate of drug-likeness (QED) is 0.784. The van der Waals surface area contributed by atoms with E-state index in [2.05, 4.69) is 28.9 Å². The molecule has 0 aliphatic carbocycles. The maximum absolute atomic E-state index is 11.9. The monoisotopic (exact) mass is 312 g/mol. The summed E-state index contributed by atoms with van der Waals surface area (Å²) < 4.78 is 11.8. The van der Waals surface area contributed by atoms with Gasteiger partial charge in [0.15, 0.2) is 6.10 Å². The second-order valence-electron chi connectivity index (χ2n) is 4.62. The molecule has 0 saturated carbocycles. The number of fused-ring (bicyclic) bond motifs is 1. The van der Waals surface area contributed by atoms with Gasteiger partial charge in [-0.2, -0.15) is 0 Å². The molecule has 1 aliphatic rings. The molecule has 0 bridgehead atoms. The fourth-order valence-corrected chi connectivity index (χ4v) is 3.32. The van der Waals surface area contributed by atoms with E-state index in [1.807, 2.05) is 13.0 Å². The fourth-order valence-electron chi connectivity index (χ4n) is 2.34. The summed E-state index contributed by atoms with van der Waals surface area (Å²) in [6.45, 7) is 6.82. The Bertz CT molecular complexity index is 470. The van der Waals surface area contributed by atoms with E-state index in [4.69, 9.17) is 9.47 Å². The molecule has 1 heterocycles. The zero-order chi connectivity index (χ0) is 13.3. The number of rotatable bonds is 2. The van der Waals surface area contributed by atoms with Crippen molar-refractivity contribution in [2.24, 2.45) is 0 Å². The molecular formula is C14H17BrO3. The fraction of sp³-hybridized carbons (Fsp3) is 0.500. The number of carbonyl (C=O) groups excluding carboxylic acids is 1. The van der Waals surface area contributed by atoms with E-state index in [1.165, 1.54) is 0 Å². The van der Waals surface area contributed by atoms with E-state index in [-0.39, 0.29) is 11.9 Å². The van der Waals surface area contributed by atoms with Crippen molar-refractivity contribution in [2.45, 2.75) is 32.8 Å². The summed E-state index contributed by atoms with van der Waals surface area (Å²) in [6, 6.07) is 4.08. The van der Waals surface area contributed by atoms with E-state index in [1.54, 1.807) is 6.92 Å². The van der Waals surface area contributed by atoms with Gasteiger partial charge in [-0.1, -0.05) is 28.9 Å². The number of hydrogen-bond donors (Lipinski definition) is 0. The zero-order valence-electron chi connectivity index (χ0n) is 10.8. The highest BCUT2D eigenvalue weighted by molar-refractivity contribution is 9.10. The Morgan fingerprint density at radius 3 is 2.94 bits per heavy atom. The topological polar surface area (TPSA) is 35.5 Å². The molecule has 3 nitrogen and oxygen atoms in total. The molecule has 0 fully saturated rings. The van der Waals surface area contributed by atoms with Gasteiger partial charge in [0, 0.05) is 10.4 Å². The summed E-state index contributed by atoms with van der Waals surface area (Å²) in [4.78, 5) is 11.9. The van der Waals surface area contributed by atoms with Crippen molar-refractivity contribution in [3.63, 3.8) is 0 Å². The normalized spacial score (nSPS) is 22.4. The Balaban J connectivity index is 2.46. The van der Waals surface area contributed by atoms with Crippen molar-refractivity contribution in [3.05, 3.63) is 33.3 Å². The van der Waals surface area contributed by atoms with Crippen LogP contribution in [0, 0.1) is 6.92 Å². The van der Waals surface area contributed by atoms with Crippen LogP contribution in [0.15, 0.2) is 16.6 Å². The van der Waals surface area contributed by atoms with E-state index in [9.17, 15) is 4.79 Å². The van der Waals surface area contributed by atoms with Crippen molar-refractivity contribution in [1.29, 1.82) is 0 Å². The number of carbonyl (C=O) groups is 1. The largest absolute Gasteiger partial charge is 0.464 e. The maximum atomic E-state index is 11.9. The summed E-state index contributed by atoms with van der Waals surface area (Å²) in [5, 5.41) is 0. The molecule has 0 spiro atoms. The Labute approximate surface area is 116 Å². The lowest BCUT2D eigenvalue weighted by Gasteiger charge is -2.30. The number of hydrogen-bond acceptors (Lipinski definition) is 3. The molecule has 2 atom stereocenters. The Hall–Kier alpha value is -0.870. The van der Waals surface area contributed by atoms with Crippen molar-refractivity contribution < 1.29 is 14.3 Å². The lowest BCUT2D eigenvalue weighted by molar-refractivity contribution is -0.158. The van der Waals surface area contributed by atoms with Gasteiger partial charge in [0.1, 0.15) is 0 Å². The highest BCUT2D eigenvalue weighted by Gasteiger charge is 2.33. The van der Waals surface area contributed by atoms with Gasteiger partial charge >= 0.3 is 5.97 Å². The minimum atomic E-state index is -0.590. The Kier molecular flexibility index (Phi) is 4.07. The first-order valence-electron chi connectivity index (χ1n) is 6.12. The van der Waals surface area contributed by atoms with Gasteiger partial charge in [0.25, 0.3) is 0 Å². The standard InChI is InChI=1S/C14H17BrO3/c1-4-17-14(16)13-10-5-8(2)6-11(15)12(10)9(3)7-18-13/h5-6,9,13H,4,7H2,1-3H3/t9-,13?/m1/s1. The van der Waals surface area contributed by atoms with Crippen LogP contribution in [0.5, 0.6) is 0 Å². The summed E-state index contributed by atoms with van der Waals surface area (Å²) in [6.07, 6.45) is -0.590. The third kappa shape index (κ3) is 2.45. The predicted molar refractivity (Wildman–Crippen MR) is 72.6 cm³/mol. The summed E-state index contributed by atoms with van der Waals surface area (Å²) in [5.41, 5.74) is 3.19. The molecule has 2 rings (SSSR count). The van der Waals surface area contributed by atoms with Crippen LogP contribution in [0.1, 0.15) is 42.6 Å². The molecule has 1 aromatic rings. The predicted octanol–water partition coefficient (Wildman–Crippen LogP) is 3.50. The molecule has 4 heteroatoms. The van der Waals surface area contributed by atoms with E-state index < -0.39 is 6.10 Å². The van der Waals surface area contributed by atoms with Crippen LogP contribution in [0.2, 0.25) is 0 Å². The van der Waals surface area contributed by atoms with Gasteiger partial charge in [-0.15, -0.1) is 0 Å². The minimum Gasteiger partial charge on any atom is -0.464 e. The molecule has 0 saturated heterocycles. The lowest BCUT2D eigenvalue weighted by Crippen LogP contribution is -2.27. The molecule has 0 aromatic heterocycles. The summed E-state index contributed by atoms with van der Waals surface area (Å²) in [7, 11) is 0. The molecule has 0 N–H and O–H groups in total. The average Bonchev–Trinajstić information content (AvgIpc) is 2.28. The second-order valence-corrected chi connectivity index (χ2v) is 5.47. The number of halogens is 1. The van der Waals surface area contributed by atoms with Gasteiger partial charge in [0.2, 0.25) is 0 Å². The van der Waals surface area contributed by atoms with Gasteiger partial charge in [0.05, 0.1) is 13.2 Å². The van der Waals surface area contributed by atoms with Gasteiger partial charge in [-0.05, 0) is 36.6 Å². The highest BCUT2D eigenvalue weighted by Crippen LogP contribution is 2.39. The number of benzene rings is 1. The average molecular weight is 313 g/mol. The smallest absolute Gasteiger partial charge is 0.339 e. The van der Waals surface area contributed by atoms with Gasteiger partial charge < -0.3 is 9.47 Å². The van der Waals surface area contributed by atoms with Gasteiger partial charge in [-0.3, -0.25) is 0 Å². The zero-order valence-corrected chi connectivity index (χ0v) is 12.4. The third-order valence-corrected chi connectivity index (χ3v) is 3.75. The summed E-state index contributed by atoms with van der Waals surface area (Å²) >= 11 is 3.58. The van der Waals surface area contributed by atoms with Crippen LogP contribution in [-0.4, -0.2) is 19.2 Å². The lowest BCUT2D eigenvalue weighted by atomic mass is 9.89. The molecule has 0 amide bonds. The Morgan fingerprint density at radius 2 is 2.28 bits per heavy atom. The van der Waals surface area contributed by atoms with Crippen LogP contribution in [0.3, 0.4) is 0 Å². The first kappa shape index (κ1) is 13.6. The van der Waals surface area contributed by atoms with E-state index in [0.717, 1.165) is 21.2 Å². The van der Waals surface area contributed by atoms with E-state index in [0.29, 0.717) is 13.2 Å². The van der Waals surface area contributed by atoms with Crippen LogP contribution in [0.4, 0.5) is 0 Å². The maximum Gasteiger partial charge on any atom is 0.339 e. The molecule has 1 aliphatic heterocycles. The molecule has 1 aromatic carbocycles. The third-order valence-electron chi connectivity index (χ3n) is 3.09.